The van der Waals surface area contributed by atoms with E-state index in [-0.39, 0.29) is 30.0 Å². The average Bonchev–Trinajstić information content (AvgIpc) is 2.63. The van der Waals surface area contributed by atoms with Gasteiger partial charge in [0.2, 0.25) is 0 Å². The summed E-state index contributed by atoms with van der Waals surface area (Å²) in [7, 11) is 0. The first-order chi connectivity index (χ1) is 13.1. The summed E-state index contributed by atoms with van der Waals surface area (Å²) in [6.45, 7) is 5.43. The number of nitro groups is 2. The van der Waals surface area contributed by atoms with Crippen LogP contribution in [0, 0.1) is 37.0 Å². The monoisotopic (exact) mass is 389 g/mol. The molecule has 0 heterocycles. The fourth-order valence-electron chi connectivity index (χ4n) is 2.52. The van der Waals surface area contributed by atoms with Gasteiger partial charge in [-0.25, -0.2) is 0 Å². The predicted molar refractivity (Wildman–Crippen MR) is 104 cm³/mol. The molecule has 1 aromatic rings. The van der Waals surface area contributed by atoms with Gasteiger partial charge in [0.25, 0.3) is 5.69 Å². The van der Waals surface area contributed by atoms with Crippen molar-refractivity contribution < 1.29 is 14.6 Å². The third kappa shape index (κ3) is 6.75. The Kier molecular flexibility index (Phi) is 8.19. The SMILES string of the molecule is CC(CCCC(C)(C)C(=O)CCC#N)=NNc1ccc([N+](=O)[O-])cc1[N+](=O)[O-]. The number of ketones is 1. The van der Waals surface area contributed by atoms with Crippen LogP contribution in [0.15, 0.2) is 23.3 Å². The highest BCUT2D eigenvalue weighted by Crippen LogP contribution is 2.29. The number of benzene rings is 1. The fraction of sp³-hybridized carbons (Fsp3) is 0.500. The molecule has 28 heavy (non-hydrogen) atoms. The van der Waals surface area contributed by atoms with Crippen molar-refractivity contribution in [1.29, 1.82) is 5.26 Å². The molecule has 0 aliphatic heterocycles. The molecule has 0 spiro atoms. The molecule has 0 bridgehead atoms. The molecule has 0 atom stereocenters. The smallest absolute Gasteiger partial charge is 0.299 e. The molecule has 0 saturated heterocycles. The predicted octanol–water partition coefficient (Wildman–Crippen LogP) is 4.36. The topological polar surface area (TPSA) is 152 Å². The zero-order chi connectivity index (χ0) is 21.3. The Morgan fingerprint density at radius 1 is 1.25 bits per heavy atom. The first-order valence-electron chi connectivity index (χ1n) is 8.70. The number of nitrogens with one attached hydrogen (secondary N) is 1. The van der Waals surface area contributed by atoms with Gasteiger partial charge < -0.3 is 0 Å². The molecule has 0 fully saturated rings. The molecule has 150 valence electrons. The zero-order valence-electron chi connectivity index (χ0n) is 16.1. The van der Waals surface area contributed by atoms with Crippen LogP contribution in [0.2, 0.25) is 0 Å². The second kappa shape index (κ2) is 10.1. The van der Waals surface area contributed by atoms with Crippen molar-refractivity contribution in [2.24, 2.45) is 10.5 Å². The van der Waals surface area contributed by atoms with E-state index in [0.717, 1.165) is 12.1 Å². The second-order valence-electron chi connectivity index (χ2n) is 6.99. The van der Waals surface area contributed by atoms with Crippen LogP contribution in [0.4, 0.5) is 17.1 Å². The van der Waals surface area contributed by atoms with E-state index >= 15 is 0 Å². The highest BCUT2D eigenvalue weighted by Gasteiger charge is 2.26. The lowest BCUT2D eigenvalue weighted by atomic mass is 9.81. The Hall–Kier alpha value is -3.35. The van der Waals surface area contributed by atoms with Gasteiger partial charge in [0.05, 0.1) is 22.0 Å². The number of carbonyl (C=O) groups excluding carboxylic acids is 1. The minimum absolute atomic E-state index is 0.0447. The summed E-state index contributed by atoms with van der Waals surface area (Å²) in [5.41, 5.74) is 1.98. The van der Waals surface area contributed by atoms with E-state index in [2.05, 4.69) is 10.5 Å². The highest BCUT2D eigenvalue weighted by atomic mass is 16.6. The standard InChI is InChI=1S/C18H23N5O5/c1-13(6-4-10-18(2,3)17(24)7-5-11-19)20-21-15-9-8-14(22(25)26)12-16(15)23(27)28/h8-9,12,21H,4-7,10H2,1-3H3. The number of Topliss-reactive ketones (excluding diaryl/α,β-unsaturated/α-hetero) is 1. The summed E-state index contributed by atoms with van der Waals surface area (Å²) in [5.74, 6) is 0.0447. The van der Waals surface area contributed by atoms with Gasteiger partial charge in [0.1, 0.15) is 11.5 Å². The minimum atomic E-state index is -0.713. The first kappa shape index (κ1) is 22.7. The molecule has 1 N–H and O–H groups in total. The van der Waals surface area contributed by atoms with Gasteiger partial charge in [-0.1, -0.05) is 13.8 Å². The van der Waals surface area contributed by atoms with Crippen LogP contribution >= 0.6 is 0 Å². The van der Waals surface area contributed by atoms with Crippen LogP contribution < -0.4 is 5.43 Å². The number of non-ortho nitro benzene ring substituents is 1. The third-order valence-electron chi connectivity index (χ3n) is 4.32. The van der Waals surface area contributed by atoms with Crippen LogP contribution in [0.1, 0.15) is 52.9 Å². The minimum Gasteiger partial charge on any atom is -0.299 e. The molecule has 0 saturated carbocycles. The molecule has 0 radical (unpaired) electrons. The van der Waals surface area contributed by atoms with Crippen molar-refractivity contribution in [2.45, 2.75) is 52.9 Å². The van der Waals surface area contributed by atoms with Gasteiger partial charge >= 0.3 is 5.69 Å². The van der Waals surface area contributed by atoms with Crippen molar-refractivity contribution in [3.63, 3.8) is 0 Å². The first-order valence-corrected chi connectivity index (χ1v) is 8.70. The second-order valence-corrected chi connectivity index (χ2v) is 6.99. The largest absolute Gasteiger partial charge is 0.301 e. The van der Waals surface area contributed by atoms with E-state index in [4.69, 9.17) is 5.26 Å². The molecule has 0 amide bonds. The summed E-state index contributed by atoms with van der Waals surface area (Å²) >= 11 is 0. The van der Waals surface area contributed by atoms with Crippen molar-refractivity contribution in [1.82, 2.24) is 0 Å². The third-order valence-corrected chi connectivity index (χ3v) is 4.32. The molecule has 1 rings (SSSR count). The number of nitrogens with zero attached hydrogens (tertiary/aromatic N) is 4. The molecule has 0 unspecified atom stereocenters. The maximum atomic E-state index is 12.1. The number of hydrogen-bond donors (Lipinski definition) is 1. The maximum Gasteiger partial charge on any atom is 0.301 e. The summed E-state index contributed by atoms with van der Waals surface area (Å²) in [4.78, 5) is 32.5. The molecule has 0 aliphatic carbocycles. The van der Waals surface area contributed by atoms with E-state index in [0.29, 0.717) is 25.0 Å². The van der Waals surface area contributed by atoms with Crippen LogP contribution in [-0.4, -0.2) is 21.3 Å². The molecule has 10 heteroatoms. The number of nitro benzene ring substituents is 2. The lowest BCUT2D eigenvalue weighted by Gasteiger charge is -2.22. The van der Waals surface area contributed by atoms with Crippen LogP contribution in [-0.2, 0) is 4.79 Å². The number of anilines is 1. The highest BCUT2D eigenvalue weighted by molar-refractivity contribution is 5.85. The number of rotatable bonds is 11. The summed E-state index contributed by atoms with van der Waals surface area (Å²) in [6.07, 6.45) is 2.33. The normalized spacial score (nSPS) is 11.6. The summed E-state index contributed by atoms with van der Waals surface area (Å²) < 4.78 is 0. The van der Waals surface area contributed by atoms with Crippen molar-refractivity contribution in [2.75, 3.05) is 5.43 Å². The van der Waals surface area contributed by atoms with Gasteiger partial charge in [-0.2, -0.15) is 10.4 Å². The van der Waals surface area contributed by atoms with E-state index < -0.39 is 20.9 Å². The Morgan fingerprint density at radius 2 is 1.93 bits per heavy atom. The summed E-state index contributed by atoms with van der Waals surface area (Å²) in [5, 5.41) is 34.5. The average molecular weight is 389 g/mol. The van der Waals surface area contributed by atoms with Crippen molar-refractivity contribution >= 4 is 28.6 Å². The number of carbonyl (C=O) groups is 1. The Morgan fingerprint density at radius 3 is 2.50 bits per heavy atom. The lowest BCUT2D eigenvalue weighted by molar-refractivity contribution is -0.393. The fourth-order valence-corrected chi connectivity index (χ4v) is 2.52. The van der Waals surface area contributed by atoms with Crippen molar-refractivity contribution in [3.8, 4) is 6.07 Å². The lowest BCUT2D eigenvalue weighted by Crippen LogP contribution is -2.24. The molecule has 1 aromatic carbocycles. The van der Waals surface area contributed by atoms with Crippen LogP contribution in [0.5, 0.6) is 0 Å². The van der Waals surface area contributed by atoms with Gasteiger partial charge in [-0.15, -0.1) is 0 Å². The number of hydrogen-bond acceptors (Lipinski definition) is 8. The van der Waals surface area contributed by atoms with Crippen LogP contribution in [0.25, 0.3) is 0 Å². The quantitative estimate of drug-likeness (QED) is 0.335. The Labute approximate surface area is 162 Å². The number of nitriles is 1. The molecular weight excluding hydrogens is 366 g/mol. The molecule has 10 nitrogen and oxygen atoms in total. The molecular formula is C18H23N5O5. The van der Waals surface area contributed by atoms with E-state index in [1.54, 1.807) is 6.92 Å². The van der Waals surface area contributed by atoms with Crippen molar-refractivity contribution in [3.05, 3.63) is 38.4 Å². The zero-order valence-corrected chi connectivity index (χ0v) is 16.1. The Bertz CT molecular complexity index is 826. The van der Waals surface area contributed by atoms with Gasteiger partial charge in [0.15, 0.2) is 0 Å². The molecule has 0 aromatic heterocycles. The van der Waals surface area contributed by atoms with Gasteiger partial charge in [0, 0.05) is 30.0 Å². The summed E-state index contributed by atoms with van der Waals surface area (Å²) in [6, 6.07) is 5.25. The van der Waals surface area contributed by atoms with E-state index in [9.17, 15) is 25.0 Å². The molecule has 0 aliphatic rings. The number of hydrazone groups is 1. The van der Waals surface area contributed by atoms with Crippen LogP contribution in [0.3, 0.4) is 0 Å². The van der Waals surface area contributed by atoms with E-state index in [1.165, 1.54) is 6.07 Å². The van der Waals surface area contributed by atoms with Gasteiger partial charge in [-0.3, -0.25) is 30.4 Å². The van der Waals surface area contributed by atoms with Gasteiger partial charge in [-0.05, 0) is 32.3 Å². The maximum absolute atomic E-state index is 12.1. The Balaban J connectivity index is 2.69. The van der Waals surface area contributed by atoms with E-state index in [1.807, 2.05) is 19.9 Å².